The van der Waals surface area contributed by atoms with Gasteiger partial charge in [0, 0.05) is 0 Å². The van der Waals surface area contributed by atoms with Crippen molar-refractivity contribution in [3.05, 3.63) is 110 Å². The summed E-state index contributed by atoms with van der Waals surface area (Å²) in [5, 5.41) is 0.890. The van der Waals surface area contributed by atoms with Gasteiger partial charge in [-0.15, -0.1) is 0 Å². The van der Waals surface area contributed by atoms with Crippen molar-refractivity contribution in [3.8, 4) is 23.0 Å². The van der Waals surface area contributed by atoms with Crippen molar-refractivity contribution in [1.82, 2.24) is 4.57 Å². The van der Waals surface area contributed by atoms with E-state index in [1.165, 1.54) is 23.0 Å². The highest BCUT2D eigenvalue weighted by Gasteiger charge is 2.34. The number of benzene rings is 3. The highest BCUT2D eigenvalue weighted by Crippen LogP contribution is 2.38. The SMILES string of the molecule is CCOC(=O)C1=C(C)N=c2s/c(=C/c3cc(I)c(OCc4ccc(Cl)c(Cl)c4)c(OCC)c3)c(=O)n2[C@@H]1c1ccc(OCC(=O)OC)c(OCC)c1. The molecule has 52 heavy (non-hydrogen) atoms. The molecule has 0 saturated heterocycles. The lowest BCUT2D eigenvalue weighted by atomic mass is 9.95. The number of hydrogen-bond acceptors (Lipinski definition) is 11. The topological polar surface area (TPSA) is 124 Å². The van der Waals surface area contributed by atoms with Crippen LogP contribution in [-0.2, 0) is 25.7 Å². The van der Waals surface area contributed by atoms with Crippen molar-refractivity contribution in [2.45, 2.75) is 40.3 Å². The zero-order valence-corrected chi connectivity index (χ0v) is 33.4. The highest BCUT2D eigenvalue weighted by molar-refractivity contribution is 14.1. The Morgan fingerprint density at radius 2 is 1.67 bits per heavy atom. The first-order chi connectivity index (χ1) is 25.0. The Balaban J connectivity index is 1.59. The van der Waals surface area contributed by atoms with Gasteiger partial charge >= 0.3 is 11.9 Å². The van der Waals surface area contributed by atoms with Gasteiger partial charge in [-0.3, -0.25) is 9.36 Å². The zero-order chi connectivity index (χ0) is 37.5. The third-order valence-electron chi connectivity index (χ3n) is 7.67. The van der Waals surface area contributed by atoms with Crippen molar-refractivity contribution >= 4 is 75.1 Å². The Morgan fingerprint density at radius 1 is 0.923 bits per heavy atom. The number of aromatic nitrogens is 1. The first-order valence-electron chi connectivity index (χ1n) is 16.2. The first-order valence-corrected chi connectivity index (χ1v) is 18.8. The number of methoxy groups -OCH3 is 1. The van der Waals surface area contributed by atoms with Crippen LogP contribution in [0.15, 0.2) is 69.6 Å². The van der Waals surface area contributed by atoms with Gasteiger partial charge in [0.1, 0.15) is 6.61 Å². The van der Waals surface area contributed by atoms with Gasteiger partial charge in [0.15, 0.2) is 34.4 Å². The molecule has 0 unspecified atom stereocenters. The fourth-order valence-electron chi connectivity index (χ4n) is 5.40. The van der Waals surface area contributed by atoms with Crippen molar-refractivity contribution < 1.29 is 38.0 Å². The number of carbonyl (C=O) groups is 2. The van der Waals surface area contributed by atoms with Crippen LogP contribution in [0.1, 0.15) is 50.4 Å². The van der Waals surface area contributed by atoms with Gasteiger partial charge in [-0.2, -0.15) is 0 Å². The summed E-state index contributed by atoms with van der Waals surface area (Å²) < 4.78 is 36.4. The van der Waals surface area contributed by atoms with Crippen LogP contribution in [0.4, 0.5) is 0 Å². The summed E-state index contributed by atoms with van der Waals surface area (Å²) in [6.07, 6.45) is 1.76. The molecule has 0 amide bonds. The molecule has 1 atom stereocenters. The van der Waals surface area contributed by atoms with Crippen LogP contribution in [0.2, 0.25) is 10.0 Å². The number of nitrogens with zero attached hydrogens (tertiary/aromatic N) is 2. The average molecular weight is 882 g/mol. The third kappa shape index (κ3) is 8.76. The zero-order valence-electron chi connectivity index (χ0n) is 28.9. The van der Waals surface area contributed by atoms with E-state index in [4.69, 9.17) is 51.6 Å². The molecule has 1 aliphatic heterocycles. The van der Waals surface area contributed by atoms with E-state index in [0.717, 1.165) is 9.13 Å². The molecule has 0 aliphatic carbocycles. The predicted octanol–water partition coefficient (Wildman–Crippen LogP) is 6.64. The minimum atomic E-state index is -0.900. The largest absolute Gasteiger partial charge is 0.490 e. The summed E-state index contributed by atoms with van der Waals surface area (Å²) in [5.74, 6) is 0.514. The van der Waals surface area contributed by atoms with E-state index in [9.17, 15) is 14.4 Å². The van der Waals surface area contributed by atoms with Gasteiger partial charge in [-0.1, -0.05) is 46.7 Å². The third-order valence-corrected chi connectivity index (χ3v) is 10.2. The summed E-state index contributed by atoms with van der Waals surface area (Å²) in [6.45, 7) is 7.81. The average Bonchev–Trinajstić information content (AvgIpc) is 3.41. The smallest absolute Gasteiger partial charge is 0.343 e. The fourth-order valence-corrected chi connectivity index (χ4v) is 7.54. The Morgan fingerprint density at radius 3 is 2.37 bits per heavy atom. The predicted molar refractivity (Wildman–Crippen MR) is 207 cm³/mol. The second-order valence-corrected chi connectivity index (χ2v) is 14.1. The molecule has 274 valence electrons. The van der Waals surface area contributed by atoms with E-state index in [0.29, 0.717) is 72.4 Å². The van der Waals surface area contributed by atoms with E-state index in [2.05, 4.69) is 27.6 Å². The van der Waals surface area contributed by atoms with Crippen LogP contribution < -0.4 is 33.8 Å². The lowest BCUT2D eigenvalue weighted by Crippen LogP contribution is -2.40. The Labute approximate surface area is 327 Å². The van der Waals surface area contributed by atoms with Crippen LogP contribution in [0.5, 0.6) is 23.0 Å². The van der Waals surface area contributed by atoms with Crippen LogP contribution in [-0.4, -0.2) is 50.0 Å². The molecule has 0 spiro atoms. The standard InChI is InChI=1S/C37H35Cl2IN2O9S/c1-6-47-28-17-23(10-12-27(28)50-19-31(43)46-5)33-32(36(45)49-8-3)20(4)41-37-42(33)35(44)30(52-37)16-22-14-26(40)34(29(15-22)48-7-2)51-18-21-9-11-24(38)25(39)13-21/h9-17,33H,6-8,18-19H2,1-5H3/b30-16+/t33-/m1/s1. The number of carbonyl (C=O) groups excluding carboxylic acids is 2. The van der Waals surface area contributed by atoms with Crippen LogP contribution in [0, 0.1) is 3.57 Å². The quantitative estimate of drug-likeness (QED) is 0.101. The summed E-state index contributed by atoms with van der Waals surface area (Å²) in [6, 6.07) is 13.1. The molecule has 4 aromatic rings. The van der Waals surface area contributed by atoms with E-state index in [-0.39, 0.29) is 31.0 Å². The van der Waals surface area contributed by atoms with E-state index < -0.39 is 18.0 Å². The maximum atomic E-state index is 14.3. The summed E-state index contributed by atoms with van der Waals surface area (Å²) >= 11 is 15.6. The molecule has 0 fully saturated rings. The molecule has 0 radical (unpaired) electrons. The lowest BCUT2D eigenvalue weighted by Gasteiger charge is -2.25. The van der Waals surface area contributed by atoms with Gasteiger partial charge in [0.25, 0.3) is 5.56 Å². The molecular formula is C37H35Cl2IN2O9S. The van der Waals surface area contributed by atoms with Crippen LogP contribution in [0.3, 0.4) is 0 Å². The van der Waals surface area contributed by atoms with Crippen molar-refractivity contribution in [2.24, 2.45) is 4.99 Å². The van der Waals surface area contributed by atoms with E-state index in [1.807, 2.05) is 25.1 Å². The number of fused-ring (bicyclic) bond motifs is 1. The maximum Gasteiger partial charge on any atom is 0.343 e. The Bertz CT molecular complexity index is 2220. The fraction of sp³-hybridized carbons (Fsp3) is 0.297. The number of allylic oxidation sites excluding steroid dienone is 1. The molecule has 15 heteroatoms. The number of halogens is 3. The van der Waals surface area contributed by atoms with Gasteiger partial charge in [-0.05, 0) is 109 Å². The van der Waals surface area contributed by atoms with Crippen LogP contribution in [0.25, 0.3) is 6.08 Å². The van der Waals surface area contributed by atoms with E-state index in [1.54, 1.807) is 57.2 Å². The molecule has 0 bridgehead atoms. The van der Waals surface area contributed by atoms with Gasteiger partial charge in [-0.25, -0.2) is 14.6 Å². The number of hydrogen-bond donors (Lipinski definition) is 0. The number of rotatable bonds is 14. The second-order valence-electron chi connectivity index (χ2n) is 11.1. The molecule has 0 saturated carbocycles. The molecule has 0 N–H and O–H groups in total. The molecule has 11 nitrogen and oxygen atoms in total. The summed E-state index contributed by atoms with van der Waals surface area (Å²) in [5.41, 5.74) is 2.35. The molecular weight excluding hydrogens is 846 g/mol. The number of ether oxygens (including phenoxy) is 6. The van der Waals surface area contributed by atoms with E-state index >= 15 is 0 Å². The van der Waals surface area contributed by atoms with Gasteiger partial charge < -0.3 is 28.4 Å². The van der Waals surface area contributed by atoms with Gasteiger partial charge in [0.2, 0.25) is 0 Å². The van der Waals surface area contributed by atoms with Crippen molar-refractivity contribution in [3.63, 3.8) is 0 Å². The Hall–Kier alpha value is -4.05. The molecule has 3 aromatic carbocycles. The summed E-state index contributed by atoms with van der Waals surface area (Å²) in [4.78, 5) is 44.6. The highest BCUT2D eigenvalue weighted by atomic mass is 127. The number of esters is 2. The van der Waals surface area contributed by atoms with Crippen LogP contribution >= 0.6 is 57.1 Å². The molecule has 5 rings (SSSR count). The maximum absolute atomic E-state index is 14.3. The monoisotopic (exact) mass is 880 g/mol. The second kappa shape index (κ2) is 17.6. The van der Waals surface area contributed by atoms with Crippen molar-refractivity contribution in [2.75, 3.05) is 33.5 Å². The lowest BCUT2D eigenvalue weighted by molar-refractivity contribution is -0.143. The molecule has 2 heterocycles. The molecule has 1 aromatic heterocycles. The normalized spacial score (nSPS) is 14.0. The first kappa shape index (κ1) is 39.2. The minimum Gasteiger partial charge on any atom is -0.490 e. The minimum absolute atomic E-state index is 0.130. The number of thiazole rings is 1. The van der Waals surface area contributed by atoms with Gasteiger partial charge in [0.05, 0.1) is 62.4 Å². The summed E-state index contributed by atoms with van der Waals surface area (Å²) in [7, 11) is 1.27. The van der Waals surface area contributed by atoms with Crippen molar-refractivity contribution in [1.29, 1.82) is 0 Å². The Kier molecular flexibility index (Phi) is 13.3. The molecule has 1 aliphatic rings.